The molecule has 0 spiro atoms. The molecule has 1 aliphatic heterocycles. The summed E-state index contributed by atoms with van der Waals surface area (Å²) >= 11 is 0. The fraction of sp³-hybridized carbons (Fsp3) is 0. The molecule has 0 atom stereocenters. The van der Waals surface area contributed by atoms with Crippen molar-refractivity contribution in [3.63, 3.8) is 0 Å². The van der Waals surface area contributed by atoms with E-state index in [-0.39, 0.29) is 6.85 Å². The van der Waals surface area contributed by atoms with Crippen LogP contribution in [0.3, 0.4) is 0 Å². The number of hydrogen-bond donors (Lipinski definition) is 1. The second-order valence-corrected chi connectivity index (χ2v) is 4.21. The predicted molar refractivity (Wildman–Crippen MR) is 76.3 cm³/mol. The van der Waals surface area contributed by atoms with Crippen LogP contribution in [0.15, 0.2) is 72.9 Å². The highest BCUT2D eigenvalue weighted by Crippen LogP contribution is 2.11. The van der Waals surface area contributed by atoms with Gasteiger partial charge in [-0.3, -0.25) is 4.98 Å². The highest BCUT2D eigenvalue weighted by atomic mass is 14.9. The normalized spacial score (nSPS) is 14.0. The molecule has 2 nitrogen and oxygen atoms in total. The highest BCUT2D eigenvalue weighted by molar-refractivity contribution is 6.76. The third-order valence-corrected chi connectivity index (χ3v) is 2.98. The molecule has 1 aliphatic rings. The topological polar surface area (TPSA) is 24.9 Å². The third-order valence-electron chi connectivity index (χ3n) is 2.98. The number of aromatic nitrogens is 1. The van der Waals surface area contributed by atoms with Gasteiger partial charge in [0.25, 0.3) is 0 Å². The van der Waals surface area contributed by atoms with Gasteiger partial charge in [0, 0.05) is 11.9 Å². The van der Waals surface area contributed by atoms with Crippen LogP contribution in [0.5, 0.6) is 0 Å². The molecule has 0 saturated carbocycles. The predicted octanol–water partition coefficient (Wildman–Crippen LogP) is 2.02. The van der Waals surface area contributed by atoms with Gasteiger partial charge >= 0.3 is 6.85 Å². The number of pyridine rings is 1. The van der Waals surface area contributed by atoms with Crippen LogP contribution in [-0.2, 0) is 0 Å². The molecule has 18 heavy (non-hydrogen) atoms. The van der Waals surface area contributed by atoms with Gasteiger partial charge in [-0.05, 0) is 18.2 Å². The van der Waals surface area contributed by atoms with E-state index < -0.39 is 0 Å². The van der Waals surface area contributed by atoms with Crippen LogP contribution in [-0.4, -0.2) is 11.8 Å². The summed E-state index contributed by atoms with van der Waals surface area (Å²) in [7, 11) is 0. The fourth-order valence-electron chi connectivity index (χ4n) is 2.06. The van der Waals surface area contributed by atoms with E-state index >= 15 is 0 Å². The maximum Gasteiger partial charge on any atom is 0.313 e. The molecule has 1 aromatic heterocycles. The van der Waals surface area contributed by atoms with Crippen molar-refractivity contribution in [1.29, 1.82) is 0 Å². The summed E-state index contributed by atoms with van der Waals surface area (Å²) in [6.07, 6.45) is 5.95. The number of nitrogens with one attached hydrogen (secondary N) is 1. The number of hydrogen-bond acceptors (Lipinski definition) is 2. The van der Waals surface area contributed by atoms with E-state index in [9.17, 15) is 0 Å². The van der Waals surface area contributed by atoms with Gasteiger partial charge < -0.3 is 5.23 Å². The first kappa shape index (κ1) is 10.8. The van der Waals surface area contributed by atoms with Crippen LogP contribution in [0, 0.1) is 0 Å². The standard InChI is InChI=1S/C15H13BN2/c1-2-7-13(8-3-1)16-11-6-10-15(18-16)14-9-4-5-12-17-14/h1-12,18H. The molecule has 2 aromatic rings. The summed E-state index contributed by atoms with van der Waals surface area (Å²) < 4.78 is 0. The summed E-state index contributed by atoms with van der Waals surface area (Å²) in [4.78, 5) is 4.37. The van der Waals surface area contributed by atoms with Gasteiger partial charge in [0.2, 0.25) is 0 Å². The van der Waals surface area contributed by atoms with Crippen LogP contribution in [0.2, 0.25) is 0 Å². The summed E-state index contributed by atoms with van der Waals surface area (Å²) in [6, 6.07) is 16.4. The molecule has 0 radical (unpaired) electrons. The van der Waals surface area contributed by atoms with E-state index in [1.54, 1.807) is 0 Å². The van der Waals surface area contributed by atoms with Crippen molar-refractivity contribution in [2.45, 2.75) is 0 Å². The van der Waals surface area contributed by atoms with Crippen LogP contribution in [0.4, 0.5) is 0 Å². The lowest BCUT2D eigenvalue weighted by Gasteiger charge is -2.18. The van der Waals surface area contributed by atoms with Crippen molar-refractivity contribution >= 4 is 18.0 Å². The van der Waals surface area contributed by atoms with Gasteiger partial charge in [0.15, 0.2) is 0 Å². The van der Waals surface area contributed by atoms with Gasteiger partial charge in [-0.1, -0.05) is 53.9 Å². The third kappa shape index (κ3) is 2.20. The fourth-order valence-corrected chi connectivity index (χ4v) is 2.06. The lowest BCUT2D eigenvalue weighted by Crippen LogP contribution is -2.43. The van der Waals surface area contributed by atoms with Crippen LogP contribution < -0.4 is 10.7 Å². The van der Waals surface area contributed by atoms with E-state index in [1.165, 1.54) is 5.46 Å². The van der Waals surface area contributed by atoms with Crippen LogP contribution in [0.25, 0.3) is 5.70 Å². The second kappa shape index (κ2) is 4.92. The average Bonchev–Trinajstić information content (AvgIpc) is 2.49. The van der Waals surface area contributed by atoms with Crippen molar-refractivity contribution < 1.29 is 0 Å². The van der Waals surface area contributed by atoms with E-state index in [1.807, 2.05) is 30.5 Å². The van der Waals surface area contributed by atoms with Gasteiger partial charge in [-0.25, -0.2) is 0 Å². The minimum Gasteiger partial charge on any atom is -0.419 e. The Kier molecular flexibility index (Phi) is 2.96. The van der Waals surface area contributed by atoms with E-state index in [4.69, 9.17) is 0 Å². The molecule has 0 amide bonds. The Balaban J connectivity index is 1.85. The van der Waals surface area contributed by atoms with Crippen LogP contribution >= 0.6 is 0 Å². The molecule has 0 bridgehead atoms. The first-order valence-corrected chi connectivity index (χ1v) is 6.05. The first-order valence-electron chi connectivity index (χ1n) is 6.05. The summed E-state index contributed by atoms with van der Waals surface area (Å²) in [5, 5.41) is 3.50. The van der Waals surface area contributed by atoms with E-state index in [2.05, 4.69) is 52.6 Å². The van der Waals surface area contributed by atoms with Crippen molar-refractivity contribution in [2.75, 3.05) is 0 Å². The molecular formula is C15H13BN2. The molecule has 3 heteroatoms. The number of benzene rings is 1. The SMILES string of the molecule is C1=CB(c2ccccc2)NC(c2ccccn2)=C1. The minimum absolute atomic E-state index is 0.216. The molecule has 86 valence electrons. The van der Waals surface area contributed by atoms with Gasteiger partial charge in [-0.15, -0.1) is 0 Å². The van der Waals surface area contributed by atoms with E-state index in [0.29, 0.717) is 0 Å². The Morgan fingerprint density at radius 2 is 1.78 bits per heavy atom. The molecule has 0 saturated heterocycles. The zero-order valence-corrected chi connectivity index (χ0v) is 9.95. The molecular weight excluding hydrogens is 219 g/mol. The Morgan fingerprint density at radius 3 is 2.56 bits per heavy atom. The molecule has 0 aliphatic carbocycles. The lowest BCUT2D eigenvalue weighted by atomic mass is 9.55. The summed E-state index contributed by atoms with van der Waals surface area (Å²) in [5.74, 6) is 2.15. The molecule has 2 heterocycles. The summed E-state index contributed by atoms with van der Waals surface area (Å²) in [5.41, 5.74) is 3.30. The summed E-state index contributed by atoms with van der Waals surface area (Å²) in [6.45, 7) is 0.216. The molecule has 0 unspecified atom stereocenters. The Hall–Kier alpha value is -2.29. The van der Waals surface area contributed by atoms with Crippen molar-refractivity contribution in [2.24, 2.45) is 0 Å². The number of nitrogens with zero attached hydrogens (tertiary/aromatic N) is 1. The van der Waals surface area contributed by atoms with Crippen molar-refractivity contribution in [3.8, 4) is 0 Å². The first-order chi connectivity index (χ1) is 8.93. The lowest BCUT2D eigenvalue weighted by molar-refractivity contribution is 1.21. The zero-order valence-electron chi connectivity index (χ0n) is 9.95. The van der Waals surface area contributed by atoms with Crippen molar-refractivity contribution in [3.05, 3.63) is 78.5 Å². The average molecular weight is 232 g/mol. The quantitative estimate of drug-likeness (QED) is 0.801. The maximum atomic E-state index is 4.37. The van der Waals surface area contributed by atoms with Gasteiger partial charge in [-0.2, -0.15) is 0 Å². The Labute approximate surface area is 107 Å². The van der Waals surface area contributed by atoms with Gasteiger partial charge in [0.05, 0.1) is 5.69 Å². The number of allylic oxidation sites excluding steroid dienone is 2. The molecule has 0 fully saturated rings. The molecule has 3 rings (SSSR count). The van der Waals surface area contributed by atoms with Crippen LogP contribution in [0.1, 0.15) is 5.69 Å². The van der Waals surface area contributed by atoms with E-state index in [0.717, 1.165) is 11.4 Å². The Bertz CT molecular complexity index is 576. The number of rotatable bonds is 2. The van der Waals surface area contributed by atoms with Crippen molar-refractivity contribution in [1.82, 2.24) is 10.2 Å². The second-order valence-electron chi connectivity index (χ2n) is 4.21. The zero-order chi connectivity index (χ0) is 12.2. The monoisotopic (exact) mass is 232 g/mol. The molecule has 1 aromatic carbocycles. The Morgan fingerprint density at radius 1 is 0.944 bits per heavy atom. The smallest absolute Gasteiger partial charge is 0.313 e. The van der Waals surface area contributed by atoms with Gasteiger partial charge in [0.1, 0.15) is 0 Å². The highest BCUT2D eigenvalue weighted by Gasteiger charge is 2.17. The maximum absolute atomic E-state index is 4.37. The molecule has 1 N–H and O–H groups in total. The largest absolute Gasteiger partial charge is 0.419 e. The minimum atomic E-state index is 0.216.